The molecule has 1 N–H and O–H groups in total. The van der Waals surface area contributed by atoms with E-state index < -0.39 is 6.04 Å². The molecule has 1 aromatic heterocycles. The average molecular weight is 390 g/mol. The maximum absolute atomic E-state index is 12.4. The number of rotatable bonds is 7. The van der Waals surface area contributed by atoms with Crippen LogP contribution in [0.3, 0.4) is 0 Å². The molecule has 27 heavy (non-hydrogen) atoms. The van der Waals surface area contributed by atoms with Crippen molar-refractivity contribution in [3.63, 3.8) is 0 Å². The van der Waals surface area contributed by atoms with E-state index in [0.29, 0.717) is 10.7 Å². The first-order valence-corrected chi connectivity index (χ1v) is 9.07. The molecule has 1 unspecified atom stereocenters. The van der Waals surface area contributed by atoms with Gasteiger partial charge in [0, 0.05) is 18.7 Å². The van der Waals surface area contributed by atoms with Crippen molar-refractivity contribution in [1.82, 2.24) is 15.1 Å². The molecule has 1 amide bonds. The van der Waals surface area contributed by atoms with E-state index in [1.807, 2.05) is 37.3 Å². The monoisotopic (exact) mass is 389 g/mol. The fourth-order valence-corrected chi connectivity index (χ4v) is 2.87. The second kappa shape index (κ2) is 9.37. The van der Waals surface area contributed by atoms with Gasteiger partial charge in [0.1, 0.15) is 5.15 Å². The standard InChI is InChI=1S/C20H24ClN3O3/c1-13(2)27-19(26)12-17(15-8-6-5-7-9-15)22-18(25)11-10-16-14(3)23-24(4)20(16)21/h5-11,13,17H,12H2,1-4H3,(H,22,25)/b11-10+. The van der Waals surface area contributed by atoms with Crippen LogP contribution < -0.4 is 5.32 Å². The normalized spacial score (nSPS) is 12.4. The van der Waals surface area contributed by atoms with Gasteiger partial charge in [-0.05, 0) is 32.4 Å². The van der Waals surface area contributed by atoms with Crippen molar-refractivity contribution in [2.75, 3.05) is 0 Å². The van der Waals surface area contributed by atoms with Gasteiger partial charge in [-0.15, -0.1) is 0 Å². The smallest absolute Gasteiger partial charge is 0.308 e. The van der Waals surface area contributed by atoms with Crippen molar-refractivity contribution in [3.8, 4) is 0 Å². The van der Waals surface area contributed by atoms with Gasteiger partial charge < -0.3 is 10.1 Å². The quantitative estimate of drug-likeness (QED) is 0.580. The molecule has 1 heterocycles. The van der Waals surface area contributed by atoms with Crippen LogP contribution >= 0.6 is 11.6 Å². The van der Waals surface area contributed by atoms with Gasteiger partial charge in [-0.25, -0.2) is 0 Å². The lowest BCUT2D eigenvalue weighted by molar-refractivity contribution is -0.148. The largest absolute Gasteiger partial charge is 0.463 e. The van der Waals surface area contributed by atoms with Crippen LogP contribution in [-0.2, 0) is 21.4 Å². The minimum Gasteiger partial charge on any atom is -0.463 e. The van der Waals surface area contributed by atoms with Crippen LogP contribution in [0.1, 0.15) is 43.1 Å². The average Bonchev–Trinajstić information content (AvgIpc) is 2.84. The summed E-state index contributed by atoms with van der Waals surface area (Å²) in [5, 5.41) is 7.52. The van der Waals surface area contributed by atoms with Gasteiger partial charge in [0.2, 0.25) is 5.91 Å². The topological polar surface area (TPSA) is 73.2 Å². The molecule has 6 nitrogen and oxygen atoms in total. The zero-order chi connectivity index (χ0) is 20.0. The van der Waals surface area contributed by atoms with Gasteiger partial charge in [-0.2, -0.15) is 5.10 Å². The number of esters is 1. The number of hydrogen-bond acceptors (Lipinski definition) is 4. The summed E-state index contributed by atoms with van der Waals surface area (Å²) < 4.78 is 6.76. The van der Waals surface area contributed by atoms with Crippen LogP contribution in [0.25, 0.3) is 6.08 Å². The first-order valence-electron chi connectivity index (χ1n) is 8.70. The molecular weight excluding hydrogens is 366 g/mol. The number of aryl methyl sites for hydroxylation is 2. The Kier molecular flexibility index (Phi) is 7.19. The van der Waals surface area contributed by atoms with E-state index in [1.165, 1.54) is 6.08 Å². The van der Waals surface area contributed by atoms with Crippen LogP contribution in [0.2, 0.25) is 5.15 Å². The maximum Gasteiger partial charge on any atom is 0.308 e. The fraction of sp³-hybridized carbons (Fsp3) is 0.350. The lowest BCUT2D eigenvalue weighted by atomic mass is 10.0. The Labute approximate surface area is 164 Å². The highest BCUT2D eigenvalue weighted by molar-refractivity contribution is 6.31. The number of nitrogens with one attached hydrogen (secondary N) is 1. The van der Waals surface area contributed by atoms with E-state index in [0.717, 1.165) is 11.3 Å². The van der Waals surface area contributed by atoms with Crippen molar-refractivity contribution < 1.29 is 14.3 Å². The fourth-order valence-electron chi connectivity index (χ4n) is 2.63. The van der Waals surface area contributed by atoms with Gasteiger partial charge in [0.05, 0.1) is 24.3 Å². The Bertz CT molecular complexity index is 828. The highest BCUT2D eigenvalue weighted by Gasteiger charge is 2.19. The van der Waals surface area contributed by atoms with Crippen LogP contribution in [0.5, 0.6) is 0 Å². The van der Waals surface area contributed by atoms with E-state index in [1.54, 1.807) is 31.7 Å². The molecule has 0 radical (unpaired) electrons. The molecule has 2 aromatic rings. The minimum absolute atomic E-state index is 0.0500. The van der Waals surface area contributed by atoms with E-state index in [4.69, 9.17) is 16.3 Å². The molecule has 0 aliphatic carbocycles. The molecule has 0 aliphatic rings. The number of benzene rings is 1. The molecule has 7 heteroatoms. The van der Waals surface area contributed by atoms with Crippen LogP contribution in [-0.4, -0.2) is 27.8 Å². The molecule has 144 valence electrons. The Balaban J connectivity index is 2.13. The van der Waals surface area contributed by atoms with E-state index in [-0.39, 0.29) is 24.4 Å². The first kappa shape index (κ1) is 20.7. The van der Waals surface area contributed by atoms with Crippen molar-refractivity contribution in [2.24, 2.45) is 7.05 Å². The number of carbonyl (C=O) groups is 2. The molecular formula is C20H24ClN3O3. The Morgan fingerprint density at radius 1 is 1.30 bits per heavy atom. The molecule has 0 saturated heterocycles. The molecule has 0 aliphatic heterocycles. The Hall–Kier alpha value is -2.60. The Morgan fingerprint density at radius 2 is 1.96 bits per heavy atom. The van der Waals surface area contributed by atoms with Gasteiger partial charge in [-0.3, -0.25) is 14.3 Å². The summed E-state index contributed by atoms with van der Waals surface area (Å²) in [5.41, 5.74) is 2.24. The van der Waals surface area contributed by atoms with Crippen molar-refractivity contribution >= 4 is 29.6 Å². The van der Waals surface area contributed by atoms with Crippen molar-refractivity contribution in [2.45, 2.75) is 39.3 Å². The van der Waals surface area contributed by atoms with E-state index in [2.05, 4.69) is 10.4 Å². The number of amides is 1. The van der Waals surface area contributed by atoms with Crippen LogP contribution in [0, 0.1) is 6.92 Å². The third-order valence-corrected chi connectivity index (χ3v) is 4.30. The first-order chi connectivity index (χ1) is 12.8. The van der Waals surface area contributed by atoms with Gasteiger partial charge >= 0.3 is 5.97 Å². The minimum atomic E-state index is -0.486. The van der Waals surface area contributed by atoms with Gasteiger partial charge in [-0.1, -0.05) is 41.9 Å². The maximum atomic E-state index is 12.4. The third-order valence-electron chi connectivity index (χ3n) is 3.85. The summed E-state index contributed by atoms with van der Waals surface area (Å²) in [7, 11) is 1.73. The highest BCUT2D eigenvalue weighted by Crippen LogP contribution is 2.21. The zero-order valence-electron chi connectivity index (χ0n) is 15.9. The number of halogens is 1. The summed E-state index contributed by atoms with van der Waals surface area (Å²) in [5.74, 6) is -0.699. The van der Waals surface area contributed by atoms with Gasteiger partial charge in [0.25, 0.3) is 0 Å². The lowest BCUT2D eigenvalue weighted by Crippen LogP contribution is -2.29. The number of nitrogens with zero attached hydrogens (tertiary/aromatic N) is 2. The lowest BCUT2D eigenvalue weighted by Gasteiger charge is -2.18. The molecule has 2 rings (SSSR count). The van der Waals surface area contributed by atoms with Crippen LogP contribution in [0.4, 0.5) is 0 Å². The molecule has 1 atom stereocenters. The molecule has 1 aromatic carbocycles. The van der Waals surface area contributed by atoms with E-state index >= 15 is 0 Å². The molecule has 0 saturated carbocycles. The molecule has 0 fully saturated rings. The summed E-state index contributed by atoms with van der Waals surface area (Å²) >= 11 is 6.17. The summed E-state index contributed by atoms with van der Waals surface area (Å²) in [4.78, 5) is 24.5. The highest BCUT2D eigenvalue weighted by atomic mass is 35.5. The van der Waals surface area contributed by atoms with Crippen LogP contribution in [0.15, 0.2) is 36.4 Å². The number of aromatic nitrogens is 2. The van der Waals surface area contributed by atoms with Crippen molar-refractivity contribution in [3.05, 3.63) is 58.4 Å². The summed E-state index contributed by atoms with van der Waals surface area (Å²) in [6.07, 6.45) is 2.85. The Morgan fingerprint density at radius 3 is 2.52 bits per heavy atom. The van der Waals surface area contributed by atoms with Gasteiger partial charge in [0.15, 0.2) is 0 Å². The number of ether oxygens (including phenoxy) is 1. The second-order valence-electron chi connectivity index (χ2n) is 6.46. The predicted octanol–water partition coefficient (Wildman–Crippen LogP) is 3.59. The van der Waals surface area contributed by atoms with E-state index in [9.17, 15) is 9.59 Å². The SMILES string of the molecule is Cc1nn(C)c(Cl)c1/C=C/C(=O)NC(CC(=O)OC(C)C)c1ccccc1. The second-order valence-corrected chi connectivity index (χ2v) is 6.82. The third kappa shape index (κ3) is 5.96. The summed E-state index contributed by atoms with van der Waals surface area (Å²) in [6.45, 7) is 5.39. The van der Waals surface area contributed by atoms with Crippen molar-refractivity contribution in [1.29, 1.82) is 0 Å². The predicted molar refractivity (Wildman–Crippen MR) is 105 cm³/mol. The number of hydrogen-bond donors (Lipinski definition) is 1. The molecule has 0 bridgehead atoms. The molecule has 0 spiro atoms. The zero-order valence-corrected chi connectivity index (χ0v) is 16.7. The summed E-state index contributed by atoms with van der Waals surface area (Å²) in [6, 6.07) is 8.83. The number of carbonyl (C=O) groups excluding carboxylic acids is 2.